The summed E-state index contributed by atoms with van der Waals surface area (Å²) >= 11 is 0. The van der Waals surface area contributed by atoms with Gasteiger partial charge in [-0.15, -0.1) is 6.58 Å². The number of guanidine groups is 1. The molecule has 0 fully saturated rings. The fourth-order valence-electron chi connectivity index (χ4n) is 1.88. The van der Waals surface area contributed by atoms with Crippen molar-refractivity contribution in [3.05, 3.63) is 42.5 Å². The minimum Gasteiger partial charge on any atom is -0.493 e. The Labute approximate surface area is 134 Å². The van der Waals surface area contributed by atoms with E-state index in [2.05, 4.69) is 62.0 Å². The summed E-state index contributed by atoms with van der Waals surface area (Å²) in [6, 6.07) is 8.38. The zero-order valence-electron chi connectivity index (χ0n) is 14.2. The zero-order chi connectivity index (χ0) is 16.4. The Kier molecular flexibility index (Phi) is 8.11. The van der Waals surface area contributed by atoms with Crippen molar-refractivity contribution in [3.63, 3.8) is 0 Å². The Bertz CT molecular complexity index is 466. The lowest BCUT2D eigenvalue weighted by molar-refractivity contribution is 0.271. The largest absolute Gasteiger partial charge is 0.493 e. The summed E-state index contributed by atoms with van der Waals surface area (Å²) in [6.07, 6.45) is 1.78. The van der Waals surface area contributed by atoms with Crippen LogP contribution in [0.5, 0.6) is 5.75 Å². The molecular weight excluding hydrogens is 274 g/mol. The lowest BCUT2D eigenvalue weighted by atomic mass is 10.1. The van der Waals surface area contributed by atoms with Crippen molar-refractivity contribution in [2.75, 3.05) is 19.7 Å². The molecule has 1 aromatic rings. The zero-order valence-corrected chi connectivity index (χ0v) is 14.2. The van der Waals surface area contributed by atoms with E-state index in [1.54, 1.807) is 6.08 Å². The first kappa shape index (κ1) is 18.1. The predicted molar refractivity (Wildman–Crippen MR) is 94.5 cm³/mol. The molecule has 4 heteroatoms. The van der Waals surface area contributed by atoms with Gasteiger partial charge in [0.2, 0.25) is 0 Å². The van der Waals surface area contributed by atoms with E-state index in [-0.39, 0.29) is 6.04 Å². The van der Waals surface area contributed by atoms with Gasteiger partial charge in [-0.2, -0.15) is 0 Å². The first-order valence-electron chi connectivity index (χ1n) is 7.95. The van der Waals surface area contributed by atoms with Crippen molar-refractivity contribution in [1.82, 2.24) is 10.6 Å². The van der Waals surface area contributed by atoms with Gasteiger partial charge >= 0.3 is 0 Å². The van der Waals surface area contributed by atoms with Crippen molar-refractivity contribution in [3.8, 4) is 5.75 Å². The fourth-order valence-corrected chi connectivity index (χ4v) is 1.88. The first-order valence-corrected chi connectivity index (χ1v) is 7.95. The Balaban J connectivity index is 2.63. The molecule has 2 N–H and O–H groups in total. The lowest BCUT2D eigenvalue weighted by Gasteiger charge is -2.18. The van der Waals surface area contributed by atoms with Crippen molar-refractivity contribution >= 4 is 5.96 Å². The number of benzene rings is 1. The summed E-state index contributed by atoms with van der Waals surface area (Å²) in [5.74, 6) is 2.25. The van der Waals surface area contributed by atoms with Gasteiger partial charge in [0.15, 0.2) is 5.96 Å². The van der Waals surface area contributed by atoms with E-state index in [4.69, 9.17) is 4.74 Å². The van der Waals surface area contributed by atoms with E-state index in [9.17, 15) is 0 Å². The molecule has 0 aliphatic carbocycles. The maximum atomic E-state index is 5.71. The third-order valence-electron chi connectivity index (χ3n) is 3.04. The summed E-state index contributed by atoms with van der Waals surface area (Å²) in [5.41, 5.74) is 1.20. The molecule has 1 aromatic carbocycles. The highest BCUT2D eigenvalue weighted by atomic mass is 16.5. The predicted octanol–water partition coefficient (Wildman–Crippen LogP) is 3.52. The van der Waals surface area contributed by atoms with E-state index >= 15 is 0 Å². The average Bonchev–Trinajstić information content (AvgIpc) is 2.51. The minimum atomic E-state index is 0.168. The van der Waals surface area contributed by atoms with Gasteiger partial charge < -0.3 is 15.4 Å². The van der Waals surface area contributed by atoms with Crippen LogP contribution in [0.25, 0.3) is 0 Å². The van der Waals surface area contributed by atoms with Crippen LogP contribution >= 0.6 is 0 Å². The second-order valence-electron chi connectivity index (χ2n) is 5.65. The quantitative estimate of drug-likeness (QED) is 0.439. The maximum absolute atomic E-state index is 5.71. The van der Waals surface area contributed by atoms with Gasteiger partial charge in [-0.1, -0.05) is 32.1 Å². The van der Waals surface area contributed by atoms with Crippen LogP contribution in [0.2, 0.25) is 0 Å². The Morgan fingerprint density at radius 2 is 1.95 bits per heavy atom. The van der Waals surface area contributed by atoms with Crippen LogP contribution in [0, 0.1) is 5.92 Å². The van der Waals surface area contributed by atoms with Crippen LogP contribution in [0.15, 0.2) is 41.9 Å². The summed E-state index contributed by atoms with van der Waals surface area (Å²) < 4.78 is 5.71. The monoisotopic (exact) mass is 303 g/mol. The summed E-state index contributed by atoms with van der Waals surface area (Å²) in [4.78, 5) is 4.42. The van der Waals surface area contributed by atoms with Crippen LogP contribution in [0.3, 0.4) is 0 Å². The Morgan fingerprint density at radius 3 is 2.50 bits per heavy atom. The SMILES string of the molecule is C=CCN=C(NCC)NC(C)c1ccc(OCC(C)C)cc1. The fraction of sp³-hybridized carbons (Fsp3) is 0.500. The highest BCUT2D eigenvalue weighted by molar-refractivity contribution is 5.80. The molecule has 0 spiro atoms. The van der Waals surface area contributed by atoms with Gasteiger partial charge in [0.05, 0.1) is 19.2 Å². The standard InChI is InChI=1S/C18H29N3O/c1-6-12-20-18(19-7-2)21-15(5)16-8-10-17(11-9-16)22-13-14(3)4/h6,8-11,14-15H,1,7,12-13H2,2-5H3,(H2,19,20,21). The number of hydrogen-bond donors (Lipinski definition) is 2. The lowest BCUT2D eigenvalue weighted by Crippen LogP contribution is -2.38. The second-order valence-corrected chi connectivity index (χ2v) is 5.65. The molecule has 1 unspecified atom stereocenters. The Hall–Kier alpha value is -1.97. The molecule has 0 amide bonds. The third kappa shape index (κ3) is 6.66. The minimum absolute atomic E-state index is 0.168. The molecule has 0 saturated heterocycles. The highest BCUT2D eigenvalue weighted by Gasteiger charge is 2.08. The topological polar surface area (TPSA) is 45.7 Å². The van der Waals surface area contributed by atoms with Gasteiger partial charge in [-0.05, 0) is 37.5 Å². The van der Waals surface area contributed by atoms with Crippen LogP contribution in [-0.2, 0) is 0 Å². The van der Waals surface area contributed by atoms with Crippen molar-refractivity contribution in [2.45, 2.75) is 33.7 Å². The molecule has 1 atom stereocenters. The van der Waals surface area contributed by atoms with Crippen LogP contribution in [0.4, 0.5) is 0 Å². The molecule has 1 rings (SSSR count). The molecule has 0 bridgehead atoms. The van der Waals surface area contributed by atoms with Gasteiger partial charge in [0.1, 0.15) is 5.75 Å². The molecule has 0 saturated carbocycles. The molecule has 0 heterocycles. The molecule has 4 nitrogen and oxygen atoms in total. The van der Waals surface area contributed by atoms with E-state index in [1.165, 1.54) is 5.56 Å². The van der Waals surface area contributed by atoms with E-state index in [1.807, 2.05) is 12.1 Å². The van der Waals surface area contributed by atoms with Gasteiger partial charge in [0, 0.05) is 6.54 Å². The Morgan fingerprint density at radius 1 is 1.27 bits per heavy atom. The molecular formula is C18H29N3O. The number of aliphatic imine (C=N–C) groups is 1. The van der Waals surface area contributed by atoms with E-state index in [0.717, 1.165) is 24.9 Å². The van der Waals surface area contributed by atoms with Crippen LogP contribution < -0.4 is 15.4 Å². The molecule has 22 heavy (non-hydrogen) atoms. The van der Waals surface area contributed by atoms with Crippen LogP contribution in [-0.4, -0.2) is 25.7 Å². The second kappa shape index (κ2) is 9.87. The normalized spacial score (nSPS) is 12.9. The number of nitrogens with zero attached hydrogens (tertiary/aromatic N) is 1. The van der Waals surface area contributed by atoms with Gasteiger partial charge in [-0.25, -0.2) is 4.99 Å². The summed E-state index contributed by atoms with van der Waals surface area (Å²) in [6.45, 7) is 14.3. The number of ether oxygens (including phenoxy) is 1. The summed E-state index contributed by atoms with van der Waals surface area (Å²) in [7, 11) is 0. The molecule has 0 aliphatic heterocycles. The maximum Gasteiger partial charge on any atom is 0.192 e. The summed E-state index contributed by atoms with van der Waals surface area (Å²) in [5, 5.41) is 6.62. The molecule has 0 aromatic heterocycles. The van der Waals surface area contributed by atoms with Gasteiger partial charge in [-0.3, -0.25) is 0 Å². The number of hydrogen-bond acceptors (Lipinski definition) is 2. The average molecular weight is 303 g/mol. The number of rotatable bonds is 8. The van der Waals surface area contributed by atoms with Crippen molar-refractivity contribution in [1.29, 1.82) is 0 Å². The van der Waals surface area contributed by atoms with E-state index in [0.29, 0.717) is 12.5 Å². The highest BCUT2D eigenvalue weighted by Crippen LogP contribution is 2.18. The first-order chi connectivity index (χ1) is 10.6. The molecule has 0 radical (unpaired) electrons. The van der Waals surface area contributed by atoms with Gasteiger partial charge in [0.25, 0.3) is 0 Å². The number of nitrogens with one attached hydrogen (secondary N) is 2. The van der Waals surface area contributed by atoms with Crippen molar-refractivity contribution in [2.24, 2.45) is 10.9 Å². The third-order valence-corrected chi connectivity index (χ3v) is 3.04. The molecule has 122 valence electrons. The van der Waals surface area contributed by atoms with Crippen LogP contribution in [0.1, 0.15) is 39.3 Å². The smallest absolute Gasteiger partial charge is 0.192 e. The van der Waals surface area contributed by atoms with E-state index < -0.39 is 0 Å². The van der Waals surface area contributed by atoms with Crippen molar-refractivity contribution < 1.29 is 4.74 Å². The molecule has 0 aliphatic rings.